The predicted octanol–water partition coefficient (Wildman–Crippen LogP) is -0.612. The second-order valence-corrected chi connectivity index (χ2v) is 3.91. The molecule has 0 bridgehead atoms. The summed E-state index contributed by atoms with van der Waals surface area (Å²) in [6, 6.07) is 1.75. The molecule has 0 spiro atoms. The van der Waals surface area contributed by atoms with E-state index in [-0.39, 0.29) is 12.4 Å². The van der Waals surface area contributed by atoms with Gasteiger partial charge in [0.25, 0.3) is 5.56 Å². The fraction of sp³-hybridized carbons (Fsp3) is 0.400. The van der Waals surface area contributed by atoms with Gasteiger partial charge in [0.15, 0.2) is 5.76 Å². The second kappa shape index (κ2) is 4.47. The molecule has 0 saturated carbocycles. The van der Waals surface area contributed by atoms with Gasteiger partial charge in [0.2, 0.25) is 5.82 Å². The molecule has 8 heteroatoms. The summed E-state index contributed by atoms with van der Waals surface area (Å²) >= 11 is 0. The van der Waals surface area contributed by atoms with E-state index < -0.39 is 11.2 Å². The molecule has 0 saturated heterocycles. The van der Waals surface area contributed by atoms with Crippen LogP contribution in [0.5, 0.6) is 0 Å². The maximum Gasteiger partial charge on any atom is 0.346 e. The second-order valence-electron chi connectivity index (χ2n) is 3.91. The summed E-state index contributed by atoms with van der Waals surface area (Å²) in [6.45, 7) is 2.08. The molecule has 0 atom stereocenters. The summed E-state index contributed by atoms with van der Waals surface area (Å²) in [5.41, 5.74) is -0.191. The Kier molecular flexibility index (Phi) is 3.00. The average molecular weight is 251 g/mol. The van der Waals surface area contributed by atoms with Crippen LogP contribution in [-0.4, -0.2) is 19.5 Å². The minimum Gasteiger partial charge on any atom is -0.359 e. The van der Waals surface area contributed by atoms with Crippen LogP contribution in [-0.2, 0) is 20.6 Å². The highest BCUT2D eigenvalue weighted by Crippen LogP contribution is 2.03. The monoisotopic (exact) mass is 251 g/mol. The van der Waals surface area contributed by atoms with Crippen LogP contribution in [0.3, 0.4) is 0 Å². The molecule has 2 aromatic heterocycles. The van der Waals surface area contributed by atoms with Crippen molar-refractivity contribution >= 4 is 5.82 Å². The predicted molar refractivity (Wildman–Crippen MR) is 63.3 cm³/mol. The van der Waals surface area contributed by atoms with Crippen LogP contribution in [0, 0.1) is 6.92 Å². The molecule has 0 aliphatic carbocycles. The Bertz CT molecular complexity index is 682. The van der Waals surface area contributed by atoms with Crippen LogP contribution in [0.4, 0.5) is 5.82 Å². The first-order valence-electron chi connectivity index (χ1n) is 5.29. The van der Waals surface area contributed by atoms with E-state index >= 15 is 0 Å². The van der Waals surface area contributed by atoms with Crippen molar-refractivity contribution in [1.82, 2.24) is 19.5 Å². The molecule has 2 aromatic rings. The summed E-state index contributed by atoms with van der Waals surface area (Å²) in [6.07, 6.45) is 0. The molecule has 0 amide bonds. The van der Waals surface area contributed by atoms with Crippen molar-refractivity contribution in [2.45, 2.75) is 13.5 Å². The van der Waals surface area contributed by atoms with E-state index in [2.05, 4.69) is 15.6 Å². The lowest BCUT2D eigenvalue weighted by Crippen LogP contribution is -2.39. The van der Waals surface area contributed by atoms with Crippen molar-refractivity contribution in [3.05, 3.63) is 38.4 Å². The van der Waals surface area contributed by atoms with Gasteiger partial charge in [-0.05, 0) is 6.92 Å². The zero-order valence-corrected chi connectivity index (χ0v) is 10.3. The van der Waals surface area contributed by atoms with Gasteiger partial charge in [-0.15, -0.1) is 5.10 Å². The third-order valence-corrected chi connectivity index (χ3v) is 2.43. The Morgan fingerprint density at radius 3 is 2.72 bits per heavy atom. The Morgan fingerprint density at radius 2 is 2.11 bits per heavy atom. The Morgan fingerprint density at radius 1 is 1.39 bits per heavy atom. The van der Waals surface area contributed by atoms with Gasteiger partial charge in [0, 0.05) is 20.2 Å². The van der Waals surface area contributed by atoms with Crippen molar-refractivity contribution < 1.29 is 4.52 Å². The van der Waals surface area contributed by atoms with Gasteiger partial charge in [0.05, 0.1) is 12.2 Å². The molecule has 0 aliphatic heterocycles. The maximum absolute atomic E-state index is 11.7. The fourth-order valence-corrected chi connectivity index (χ4v) is 1.48. The molecule has 0 unspecified atom stereocenters. The topological polar surface area (TPSA) is 95.0 Å². The standard InChI is InChI=1S/C10H13N5O3/c1-6-4-7(18-13-6)5-11-8-9(16)14(2)10(17)15(3)12-8/h4H,5H2,1-3H3,(H,11,12). The van der Waals surface area contributed by atoms with Gasteiger partial charge in [0.1, 0.15) is 0 Å². The molecule has 2 rings (SSSR count). The Labute approximate surface area is 102 Å². The van der Waals surface area contributed by atoms with Gasteiger partial charge in [-0.2, -0.15) is 0 Å². The molecule has 96 valence electrons. The smallest absolute Gasteiger partial charge is 0.346 e. The third-order valence-electron chi connectivity index (χ3n) is 2.43. The zero-order valence-electron chi connectivity index (χ0n) is 10.3. The summed E-state index contributed by atoms with van der Waals surface area (Å²) < 4.78 is 7.07. The van der Waals surface area contributed by atoms with Crippen LogP contribution >= 0.6 is 0 Å². The molecule has 1 N–H and O–H groups in total. The van der Waals surface area contributed by atoms with Gasteiger partial charge < -0.3 is 9.84 Å². The number of anilines is 1. The third kappa shape index (κ3) is 2.17. The minimum absolute atomic E-state index is 0.0913. The normalized spacial score (nSPS) is 10.6. The minimum atomic E-state index is -0.477. The molecule has 2 heterocycles. The van der Waals surface area contributed by atoms with E-state index in [1.54, 1.807) is 13.0 Å². The lowest BCUT2D eigenvalue weighted by atomic mass is 10.4. The fourth-order valence-electron chi connectivity index (χ4n) is 1.48. The highest BCUT2D eigenvalue weighted by Gasteiger charge is 2.09. The number of nitrogens with zero attached hydrogens (tertiary/aromatic N) is 4. The molecule has 18 heavy (non-hydrogen) atoms. The maximum atomic E-state index is 11.7. The van der Waals surface area contributed by atoms with Crippen LogP contribution in [0.2, 0.25) is 0 Å². The van der Waals surface area contributed by atoms with Crippen LogP contribution in [0.25, 0.3) is 0 Å². The largest absolute Gasteiger partial charge is 0.359 e. The van der Waals surface area contributed by atoms with E-state index in [0.717, 1.165) is 14.9 Å². The summed E-state index contributed by atoms with van der Waals surface area (Å²) in [7, 11) is 2.88. The average Bonchev–Trinajstić information content (AvgIpc) is 2.75. The number of aromatic nitrogens is 4. The molecule has 0 aliphatic rings. The van der Waals surface area contributed by atoms with Crippen molar-refractivity contribution in [2.24, 2.45) is 14.1 Å². The van der Waals surface area contributed by atoms with E-state index in [0.29, 0.717) is 5.76 Å². The van der Waals surface area contributed by atoms with Crippen LogP contribution in [0.1, 0.15) is 11.5 Å². The number of nitrogens with one attached hydrogen (secondary N) is 1. The Hall–Kier alpha value is -2.38. The molecular formula is C10H13N5O3. The zero-order chi connectivity index (χ0) is 13.3. The number of hydrogen-bond donors (Lipinski definition) is 1. The molecule has 8 nitrogen and oxygen atoms in total. The van der Waals surface area contributed by atoms with Crippen molar-refractivity contribution in [1.29, 1.82) is 0 Å². The van der Waals surface area contributed by atoms with E-state index in [1.165, 1.54) is 14.1 Å². The molecule has 0 radical (unpaired) electrons. The SMILES string of the molecule is Cc1cc(CNc2nn(C)c(=O)n(C)c2=O)on1. The van der Waals surface area contributed by atoms with Crippen LogP contribution < -0.4 is 16.6 Å². The highest BCUT2D eigenvalue weighted by molar-refractivity contribution is 5.30. The van der Waals surface area contributed by atoms with E-state index in [1.807, 2.05) is 0 Å². The first kappa shape index (κ1) is 12.1. The van der Waals surface area contributed by atoms with Crippen molar-refractivity contribution in [3.8, 4) is 0 Å². The first-order valence-corrected chi connectivity index (χ1v) is 5.29. The highest BCUT2D eigenvalue weighted by atomic mass is 16.5. The summed E-state index contributed by atoms with van der Waals surface area (Å²) in [5.74, 6) is 0.679. The molecular weight excluding hydrogens is 238 g/mol. The van der Waals surface area contributed by atoms with Crippen molar-refractivity contribution in [3.63, 3.8) is 0 Å². The van der Waals surface area contributed by atoms with E-state index in [4.69, 9.17) is 4.52 Å². The summed E-state index contributed by atoms with van der Waals surface area (Å²) in [5, 5.41) is 10.4. The van der Waals surface area contributed by atoms with E-state index in [9.17, 15) is 9.59 Å². The van der Waals surface area contributed by atoms with Crippen molar-refractivity contribution in [2.75, 3.05) is 5.32 Å². The summed E-state index contributed by atoms with van der Waals surface area (Å²) in [4.78, 5) is 23.2. The molecule has 0 fully saturated rings. The van der Waals surface area contributed by atoms with Gasteiger partial charge in [-0.25, -0.2) is 9.48 Å². The van der Waals surface area contributed by atoms with Gasteiger partial charge in [-0.1, -0.05) is 5.16 Å². The molecule has 0 aromatic carbocycles. The van der Waals surface area contributed by atoms with Gasteiger partial charge in [-0.3, -0.25) is 9.36 Å². The van der Waals surface area contributed by atoms with Crippen LogP contribution in [0.15, 0.2) is 20.2 Å². The quantitative estimate of drug-likeness (QED) is 0.781. The van der Waals surface area contributed by atoms with Gasteiger partial charge >= 0.3 is 5.69 Å². The first-order chi connectivity index (χ1) is 8.49. The Balaban J connectivity index is 2.25. The lowest BCUT2D eigenvalue weighted by molar-refractivity contribution is 0.384. The number of aryl methyl sites for hydroxylation is 2. The lowest BCUT2D eigenvalue weighted by Gasteiger charge is -2.06. The number of hydrogen-bond acceptors (Lipinski definition) is 6. The number of rotatable bonds is 3.